The Hall–Kier alpha value is -1.65. The summed E-state index contributed by atoms with van der Waals surface area (Å²) < 4.78 is 6.91. The van der Waals surface area contributed by atoms with E-state index in [9.17, 15) is 4.79 Å². The van der Waals surface area contributed by atoms with Gasteiger partial charge in [0, 0.05) is 22.1 Å². The summed E-state index contributed by atoms with van der Waals surface area (Å²) >= 11 is 3.39. The summed E-state index contributed by atoms with van der Waals surface area (Å²) in [6.45, 7) is 6.03. The molecule has 3 nitrogen and oxygen atoms in total. The summed E-state index contributed by atoms with van der Waals surface area (Å²) in [6, 6.07) is 13.1. The van der Waals surface area contributed by atoms with Crippen LogP contribution < -0.4 is 4.74 Å². The predicted octanol–water partition coefficient (Wildman–Crippen LogP) is 4.85. The average Bonchev–Trinajstić information content (AvgIpc) is 2.64. The molecule has 25 heavy (non-hydrogen) atoms. The maximum absolute atomic E-state index is 12.6. The van der Waals surface area contributed by atoms with Crippen LogP contribution in [0.15, 0.2) is 46.9 Å². The molecule has 1 fully saturated rings. The van der Waals surface area contributed by atoms with Crippen LogP contribution in [0.3, 0.4) is 0 Å². The second-order valence-electron chi connectivity index (χ2n) is 6.57. The normalized spacial score (nSPS) is 15.1. The summed E-state index contributed by atoms with van der Waals surface area (Å²) in [7, 11) is 0. The first kappa shape index (κ1) is 18.2. The second kappa shape index (κ2) is 8.63. The van der Waals surface area contributed by atoms with Gasteiger partial charge in [-0.2, -0.15) is 0 Å². The van der Waals surface area contributed by atoms with Gasteiger partial charge in [-0.05, 0) is 80.9 Å². The van der Waals surface area contributed by atoms with Crippen LogP contribution in [0.2, 0.25) is 0 Å². The molecule has 0 spiro atoms. The molecule has 0 amide bonds. The summed E-state index contributed by atoms with van der Waals surface area (Å²) in [5.74, 6) is 0.903. The van der Waals surface area contributed by atoms with Gasteiger partial charge in [0.2, 0.25) is 0 Å². The first-order valence-corrected chi connectivity index (χ1v) is 9.69. The zero-order chi connectivity index (χ0) is 17.6. The number of carbonyl (C=O) groups excluding carboxylic acids is 1. The minimum Gasteiger partial charge on any atom is -0.492 e. The molecule has 2 aromatic carbocycles. The number of ketones is 1. The van der Waals surface area contributed by atoms with Crippen LogP contribution in [0.25, 0.3) is 0 Å². The van der Waals surface area contributed by atoms with E-state index in [1.54, 1.807) is 0 Å². The molecule has 1 aliphatic heterocycles. The number of piperidine rings is 1. The Balaban J connectivity index is 1.60. The largest absolute Gasteiger partial charge is 0.492 e. The van der Waals surface area contributed by atoms with Crippen LogP contribution in [0.5, 0.6) is 5.75 Å². The molecule has 4 heteroatoms. The first-order valence-electron chi connectivity index (χ1n) is 8.89. The van der Waals surface area contributed by atoms with E-state index in [1.165, 1.54) is 32.4 Å². The molecule has 132 valence electrons. The van der Waals surface area contributed by atoms with Crippen molar-refractivity contribution < 1.29 is 9.53 Å². The minimum atomic E-state index is 0.0375. The number of rotatable bonds is 6. The van der Waals surface area contributed by atoms with Crippen molar-refractivity contribution in [2.45, 2.75) is 26.2 Å². The second-order valence-corrected chi connectivity index (χ2v) is 7.48. The van der Waals surface area contributed by atoms with Gasteiger partial charge in [0.15, 0.2) is 5.78 Å². The number of carbonyl (C=O) groups is 1. The smallest absolute Gasteiger partial charge is 0.193 e. The van der Waals surface area contributed by atoms with E-state index in [0.29, 0.717) is 17.7 Å². The number of halogens is 1. The summed E-state index contributed by atoms with van der Waals surface area (Å²) in [6.07, 6.45) is 3.95. The number of ether oxygens (including phenoxy) is 1. The molecule has 2 aromatic rings. The van der Waals surface area contributed by atoms with Gasteiger partial charge in [-0.1, -0.05) is 22.4 Å². The lowest BCUT2D eigenvalue weighted by Crippen LogP contribution is -2.33. The van der Waals surface area contributed by atoms with Gasteiger partial charge >= 0.3 is 0 Å². The first-order chi connectivity index (χ1) is 12.1. The fourth-order valence-corrected chi connectivity index (χ4v) is 3.45. The molecule has 1 aliphatic rings. The molecular formula is C21H24BrNO2. The molecule has 0 unspecified atom stereocenters. The maximum atomic E-state index is 12.6. The van der Waals surface area contributed by atoms with Crippen LogP contribution in [0, 0.1) is 6.92 Å². The van der Waals surface area contributed by atoms with E-state index in [4.69, 9.17) is 4.74 Å². The van der Waals surface area contributed by atoms with Crippen LogP contribution in [-0.2, 0) is 0 Å². The van der Waals surface area contributed by atoms with Crippen LogP contribution >= 0.6 is 15.9 Å². The molecule has 0 aromatic heterocycles. The fraction of sp³-hybridized carbons (Fsp3) is 0.381. The Morgan fingerprint density at radius 2 is 1.72 bits per heavy atom. The van der Waals surface area contributed by atoms with Gasteiger partial charge in [0.25, 0.3) is 0 Å². The third-order valence-electron chi connectivity index (χ3n) is 4.66. The molecular weight excluding hydrogens is 378 g/mol. The zero-order valence-corrected chi connectivity index (χ0v) is 16.2. The van der Waals surface area contributed by atoms with E-state index in [2.05, 4.69) is 20.8 Å². The van der Waals surface area contributed by atoms with Gasteiger partial charge < -0.3 is 4.74 Å². The highest BCUT2D eigenvalue weighted by Crippen LogP contribution is 2.22. The fourth-order valence-electron chi connectivity index (χ4n) is 3.19. The molecule has 0 radical (unpaired) electrons. The van der Waals surface area contributed by atoms with Crippen molar-refractivity contribution in [3.05, 3.63) is 63.6 Å². The number of likely N-dealkylation sites (tertiary alicyclic amines) is 1. The van der Waals surface area contributed by atoms with Crippen LogP contribution in [-0.4, -0.2) is 36.9 Å². The number of benzene rings is 2. The van der Waals surface area contributed by atoms with Crippen molar-refractivity contribution in [3.63, 3.8) is 0 Å². The molecule has 0 aliphatic carbocycles. The summed E-state index contributed by atoms with van der Waals surface area (Å²) in [5.41, 5.74) is 2.39. The monoisotopic (exact) mass is 401 g/mol. The third-order valence-corrected chi connectivity index (χ3v) is 5.19. The van der Waals surface area contributed by atoms with E-state index < -0.39 is 0 Å². The molecule has 0 saturated carbocycles. The molecule has 1 saturated heterocycles. The maximum Gasteiger partial charge on any atom is 0.193 e. The van der Waals surface area contributed by atoms with Crippen molar-refractivity contribution >= 4 is 21.7 Å². The molecule has 0 atom stereocenters. The lowest BCUT2D eigenvalue weighted by Gasteiger charge is -2.26. The number of nitrogens with zero attached hydrogens (tertiary/aromatic N) is 1. The Bertz CT molecular complexity index is 721. The lowest BCUT2D eigenvalue weighted by atomic mass is 10.0. The Labute approximate surface area is 158 Å². The van der Waals surface area contributed by atoms with E-state index in [0.717, 1.165) is 22.3 Å². The predicted molar refractivity (Wildman–Crippen MR) is 105 cm³/mol. The third kappa shape index (κ3) is 4.93. The van der Waals surface area contributed by atoms with Gasteiger partial charge in [-0.15, -0.1) is 0 Å². The van der Waals surface area contributed by atoms with E-state index >= 15 is 0 Å². The molecule has 0 N–H and O–H groups in total. The molecule has 3 rings (SSSR count). The topological polar surface area (TPSA) is 29.5 Å². The number of hydrogen-bond acceptors (Lipinski definition) is 3. The van der Waals surface area contributed by atoms with Gasteiger partial charge in [0.1, 0.15) is 12.4 Å². The van der Waals surface area contributed by atoms with E-state index in [1.807, 2.05) is 49.4 Å². The lowest BCUT2D eigenvalue weighted by molar-refractivity contribution is 0.103. The molecule has 0 bridgehead atoms. The van der Waals surface area contributed by atoms with Crippen molar-refractivity contribution in [2.75, 3.05) is 26.2 Å². The molecule has 1 heterocycles. The number of aryl methyl sites for hydroxylation is 1. The van der Waals surface area contributed by atoms with Gasteiger partial charge in [0.05, 0.1) is 0 Å². The highest BCUT2D eigenvalue weighted by atomic mass is 79.9. The van der Waals surface area contributed by atoms with E-state index in [-0.39, 0.29) is 5.78 Å². The SMILES string of the molecule is Cc1cc(C(=O)c2ccc(Br)cc2)ccc1OCCN1CCCCC1. The van der Waals surface area contributed by atoms with Crippen LogP contribution in [0.4, 0.5) is 0 Å². The van der Waals surface area contributed by atoms with Gasteiger partial charge in [-0.3, -0.25) is 9.69 Å². The zero-order valence-electron chi connectivity index (χ0n) is 14.6. The Kier molecular flexibility index (Phi) is 6.27. The Morgan fingerprint density at radius 3 is 2.40 bits per heavy atom. The van der Waals surface area contributed by atoms with Crippen molar-refractivity contribution in [2.24, 2.45) is 0 Å². The quantitative estimate of drug-likeness (QED) is 0.647. The summed E-state index contributed by atoms with van der Waals surface area (Å²) in [4.78, 5) is 15.0. The minimum absolute atomic E-state index is 0.0375. The highest BCUT2D eigenvalue weighted by Gasteiger charge is 2.12. The number of hydrogen-bond donors (Lipinski definition) is 0. The van der Waals surface area contributed by atoms with Crippen molar-refractivity contribution in [1.29, 1.82) is 0 Å². The Morgan fingerprint density at radius 1 is 1.04 bits per heavy atom. The van der Waals surface area contributed by atoms with Crippen molar-refractivity contribution in [1.82, 2.24) is 4.90 Å². The average molecular weight is 402 g/mol. The highest BCUT2D eigenvalue weighted by molar-refractivity contribution is 9.10. The van der Waals surface area contributed by atoms with Crippen LogP contribution in [0.1, 0.15) is 40.7 Å². The standard InChI is InChI=1S/C21H24BrNO2/c1-16-15-18(21(24)17-5-8-19(22)9-6-17)7-10-20(16)25-14-13-23-11-3-2-4-12-23/h5-10,15H,2-4,11-14H2,1H3. The summed E-state index contributed by atoms with van der Waals surface area (Å²) in [5, 5.41) is 0. The van der Waals surface area contributed by atoms with Gasteiger partial charge in [-0.25, -0.2) is 0 Å². The van der Waals surface area contributed by atoms with Crippen molar-refractivity contribution in [3.8, 4) is 5.75 Å².